The van der Waals surface area contributed by atoms with E-state index in [1.165, 1.54) is 6.92 Å². The van der Waals surface area contributed by atoms with Crippen LogP contribution in [0.25, 0.3) is 11.0 Å². The standard InChI is InChI=1S/C15H20N4O2/c1-3-14-18-12-5-4-11(8-13(12)19-14)9-15(21)17-7-6-16-10(2)20/h4-5,8H,3,6-7,9H2,1-2H3,(H,16,20)(H,17,21)(H,18,19). The number of H-pyrrole nitrogens is 1. The van der Waals surface area contributed by atoms with Crippen LogP contribution in [0.5, 0.6) is 0 Å². The van der Waals surface area contributed by atoms with E-state index in [0.29, 0.717) is 19.5 Å². The maximum Gasteiger partial charge on any atom is 0.224 e. The molecule has 6 nitrogen and oxygen atoms in total. The summed E-state index contributed by atoms with van der Waals surface area (Å²) in [5.74, 6) is 0.789. The lowest BCUT2D eigenvalue weighted by Crippen LogP contribution is -2.34. The normalized spacial score (nSPS) is 10.6. The number of carbonyl (C=O) groups is 2. The van der Waals surface area contributed by atoms with Crippen molar-refractivity contribution >= 4 is 22.8 Å². The van der Waals surface area contributed by atoms with Crippen LogP contribution in [0, 0.1) is 0 Å². The monoisotopic (exact) mass is 288 g/mol. The number of imidazole rings is 1. The van der Waals surface area contributed by atoms with E-state index in [1.807, 2.05) is 25.1 Å². The summed E-state index contributed by atoms with van der Waals surface area (Å²) in [6, 6.07) is 5.79. The van der Waals surface area contributed by atoms with E-state index in [1.54, 1.807) is 0 Å². The minimum atomic E-state index is -0.0966. The molecule has 1 heterocycles. The molecule has 0 saturated carbocycles. The average molecular weight is 288 g/mol. The van der Waals surface area contributed by atoms with E-state index >= 15 is 0 Å². The average Bonchev–Trinajstić information content (AvgIpc) is 2.85. The highest BCUT2D eigenvalue weighted by Gasteiger charge is 2.06. The fourth-order valence-electron chi connectivity index (χ4n) is 2.08. The summed E-state index contributed by atoms with van der Waals surface area (Å²) < 4.78 is 0. The maximum absolute atomic E-state index is 11.8. The van der Waals surface area contributed by atoms with E-state index < -0.39 is 0 Å². The van der Waals surface area contributed by atoms with Crippen LogP contribution in [0.15, 0.2) is 18.2 Å². The van der Waals surface area contributed by atoms with Gasteiger partial charge in [-0.3, -0.25) is 9.59 Å². The van der Waals surface area contributed by atoms with Gasteiger partial charge in [-0.15, -0.1) is 0 Å². The van der Waals surface area contributed by atoms with Crippen LogP contribution >= 0.6 is 0 Å². The lowest BCUT2D eigenvalue weighted by molar-refractivity contribution is -0.121. The first-order chi connectivity index (χ1) is 10.1. The second kappa shape index (κ2) is 6.88. The summed E-state index contributed by atoms with van der Waals surface area (Å²) in [4.78, 5) is 30.2. The number of nitrogens with zero attached hydrogens (tertiary/aromatic N) is 1. The van der Waals surface area contributed by atoms with Crippen LogP contribution in [0.3, 0.4) is 0 Å². The van der Waals surface area contributed by atoms with E-state index in [9.17, 15) is 9.59 Å². The molecule has 21 heavy (non-hydrogen) atoms. The summed E-state index contributed by atoms with van der Waals surface area (Å²) in [5.41, 5.74) is 2.81. The van der Waals surface area contributed by atoms with Crippen molar-refractivity contribution in [2.45, 2.75) is 26.7 Å². The van der Waals surface area contributed by atoms with Gasteiger partial charge in [0.25, 0.3) is 0 Å². The first-order valence-electron chi connectivity index (χ1n) is 7.07. The number of carbonyl (C=O) groups excluding carboxylic acids is 2. The molecule has 0 unspecified atom stereocenters. The van der Waals surface area contributed by atoms with Crippen molar-refractivity contribution in [1.29, 1.82) is 0 Å². The minimum Gasteiger partial charge on any atom is -0.355 e. The minimum absolute atomic E-state index is 0.0602. The highest BCUT2D eigenvalue weighted by molar-refractivity contribution is 5.81. The van der Waals surface area contributed by atoms with Crippen molar-refractivity contribution in [3.63, 3.8) is 0 Å². The van der Waals surface area contributed by atoms with Crippen molar-refractivity contribution in [1.82, 2.24) is 20.6 Å². The molecule has 0 fully saturated rings. The number of fused-ring (bicyclic) bond motifs is 1. The molecule has 2 rings (SSSR count). The van der Waals surface area contributed by atoms with Gasteiger partial charge in [0.05, 0.1) is 17.5 Å². The van der Waals surface area contributed by atoms with Crippen molar-refractivity contribution in [3.05, 3.63) is 29.6 Å². The molecular formula is C15H20N4O2. The van der Waals surface area contributed by atoms with Gasteiger partial charge in [0.1, 0.15) is 5.82 Å². The second-order valence-electron chi connectivity index (χ2n) is 4.90. The van der Waals surface area contributed by atoms with Gasteiger partial charge in [-0.2, -0.15) is 0 Å². The highest BCUT2D eigenvalue weighted by Crippen LogP contribution is 2.14. The van der Waals surface area contributed by atoms with Gasteiger partial charge in [0.15, 0.2) is 0 Å². The Morgan fingerprint density at radius 2 is 2.00 bits per heavy atom. The zero-order valence-corrected chi connectivity index (χ0v) is 12.3. The molecule has 0 saturated heterocycles. The van der Waals surface area contributed by atoms with E-state index in [2.05, 4.69) is 20.6 Å². The van der Waals surface area contributed by atoms with E-state index in [-0.39, 0.29) is 11.8 Å². The number of aryl methyl sites for hydroxylation is 1. The molecule has 0 aliphatic rings. The molecule has 2 amide bonds. The first kappa shape index (κ1) is 15.0. The van der Waals surface area contributed by atoms with Gasteiger partial charge >= 0.3 is 0 Å². The Hall–Kier alpha value is -2.37. The second-order valence-corrected chi connectivity index (χ2v) is 4.90. The van der Waals surface area contributed by atoms with E-state index in [4.69, 9.17) is 0 Å². The fourth-order valence-corrected chi connectivity index (χ4v) is 2.08. The molecule has 0 aliphatic heterocycles. The Bertz CT molecular complexity index is 648. The largest absolute Gasteiger partial charge is 0.355 e. The van der Waals surface area contributed by atoms with Crippen LogP contribution in [0.2, 0.25) is 0 Å². The summed E-state index contributed by atoms with van der Waals surface area (Å²) >= 11 is 0. The molecule has 112 valence electrons. The topological polar surface area (TPSA) is 86.9 Å². The Morgan fingerprint density at radius 3 is 2.71 bits per heavy atom. The predicted molar refractivity (Wildman–Crippen MR) is 80.9 cm³/mol. The molecular weight excluding hydrogens is 268 g/mol. The van der Waals surface area contributed by atoms with Crippen molar-refractivity contribution < 1.29 is 9.59 Å². The summed E-state index contributed by atoms with van der Waals surface area (Å²) in [6.45, 7) is 4.37. The van der Waals surface area contributed by atoms with Gasteiger partial charge in [-0.25, -0.2) is 4.98 Å². The third-order valence-corrected chi connectivity index (χ3v) is 3.12. The lowest BCUT2D eigenvalue weighted by atomic mass is 10.1. The quantitative estimate of drug-likeness (QED) is 0.691. The van der Waals surface area contributed by atoms with Crippen LogP contribution in [0.1, 0.15) is 25.2 Å². The van der Waals surface area contributed by atoms with Crippen LogP contribution in [-0.4, -0.2) is 34.9 Å². The van der Waals surface area contributed by atoms with Crippen molar-refractivity contribution in [2.75, 3.05) is 13.1 Å². The van der Waals surface area contributed by atoms with Crippen LogP contribution in [-0.2, 0) is 22.4 Å². The lowest BCUT2D eigenvalue weighted by Gasteiger charge is -2.05. The Labute approximate surface area is 123 Å². The number of hydrogen-bond donors (Lipinski definition) is 3. The summed E-state index contributed by atoms with van der Waals surface area (Å²) in [6.07, 6.45) is 1.17. The molecule has 6 heteroatoms. The molecule has 3 N–H and O–H groups in total. The molecule has 0 radical (unpaired) electrons. The number of nitrogens with one attached hydrogen (secondary N) is 3. The molecule has 1 aromatic heterocycles. The van der Waals surface area contributed by atoms with Crippen LogP contribution < -0.4 is 10.6 Å². The number of amides is 2. The Kier molecular flexibility index (Phi) is 4.92. The summed E-state index contributed by atoms with van der Waals surface area (Å²) in [7, 11) is 0. The molecule has 2 aromatic rings. The maximum atomic E-state index is 11.8. The smallest absolute Gasteiger partial charge is 0.224 e. The number of rotatable bonds is 6. The van der Waals surface area contributed by atoms with Gasteiger partial charge in [-0.1, -0.05) is 13.0 Å². The number of aromatic nitrogens is 2. The molecule has 0 atom stereocenters. The third kappa shape index (κ3) is 4.30. The highest BCUT2D eigenvalue weighted by atomic mass is 16.2. The number of hydrogen-bond acceptors (Lipinski definition) is 3. The van der Waals surface area contributed by atoms with Crippen LogP contribution in [0.4, 0.5) is 0 Å². The van der Waals surface area contributed by atoms with E-state index in [0.717, 1.165) is 28.8 Å². The number of benzene rings is 1. The fraction of sp³-hybridized carbons (Fsp3) is 0.400. The first-order valence-corrected chi connectivity index (χ1v) is 7.07. The Balaban J connectivity index is 1.90. The Morgan fingerprint density at radius 1 is 1.24 bits per heavy atom. The summed E-state index contributed by atoms with van der Waals surface area (Å²) in [5, 5.41) is 5.40. The zero-order valence-electron chi connectivity index (χ0n) is 12.3. The molecule has 0 bridgehead atoms. The van der Waals surface area contributed by atoms with Gasteiger partial charge in [0.2, 0.25) is 11.8 Å². The van der Waals surface area contributed by atoms with Crippen molar-refractivity contribution in [3.8, 4) is 0 Å². The molecule has 0 aliphatic carbocycles. The molecule has 0 spiro atoms. The van der Waals surface area contributed by atoms with Crippen molar-refractivity contribution in [2.24, 2.45) is 0 Å². The SMILES string of the molecule is CCc1nc2ccc(CC(=O)NCCNC(C)=O)cc2[nH]1. The van der Waals surface area contributed by atoms with Gasteiger partial charge in [0, 0.05) is 26.4 Å². The third-order valence-electron chi connectivity index (χ3n) is 3.12. The van der Waals surface area contributed by atoms with Gasteiger partial charge < -0.3 is 15.6 Å². The van der Waals surface area contributed by atoms with Gasteiger partial charge in [-0.05, 0) is 17.7 Å². The predicted octanol–water partition coefficient (Wildman–Crippen LogP) is 0.920. The number of aromatic amines is 1. The molecule has 1 aromatic carbocycles. The zero-order chi connectivity index (χ0) is 15.2.